The molecule has 3 nitrogen and oxygen atoms in total. The van der Waals surface area contributed by atoms with Crippen LogP contribution in [0.2, 0.25) is 0 Å². The Hall–Kier alpha value is -1.77. The number of aromatic hydroxyl groups is 1. The van der Waals surface area contributed by atoms with Crippen molar-refractivity contribution in [3.8, 4) is 17.1 Å². The van der Waals surface area contributed by atoms with E-state index in [2.05, 4.69) is 70.9 Å². The molecule has 1 N–H and O–H groups in total. The summed E-state index contributed by atoms with van der Waals surface area (Å²) in [6, 6.07) is 8.58. The van der Waals surface area contributed by atoms with Crippen LogP contribution < -0.4 is 0 Å². The number of hydrogen-bond donors (Lipinski definition) is 1. The first-order chi connectivity index (χ1) is 9.21. The van der Waals surface area contributed by atoms with E-state index in [-0.39, 0.29) is 17.3 Å². The van der Waals surface area contributed by atoms with Crippen molar-refractivity contribution in [2.75, 3.05) is 0 Å². The standard InChI is InChI=1S/C17H24N2O/c1-11(2)19-15(13-9-7-12(3)8-10-13)14(16(20)18-19)17(4,5)6/h7-11H,1-6H3,(H,18,20). The van der Waals surface area contributed by atoms with Gasteiger partial charge in [-0.1, -0.05) is 50.6 Å². The molecule has 0 amide bonds. The Kier molecular flexibility index (Phi) is 3.63. The largest absolute Gasteiger partial charge is 0.492 e. The van der Waals surface area contributed by atoms with Crippen molar-refractivity contribution < 1.29 is 5.11 Å². The maximum absolute atomic E-state index is 10.3. The smallest absolute Gasteiger partial charge is 0.234 e. The van der Waals surface area contributed by atoms with Crippen LogP contribution in [-0.2, 0) is 5.41 Å². The van der Waals surface area contributed by atoms with Crippen LogP contribution in [0.1, 0.15) is 51.8 Å². The fourth-order valence-corrected chi connectivity index (χ4v) is 2.47. The summed E-state index contributed by atoms with van der Waals surface area (Å²) in [5.74, 6) is 0.141. The van der Waals surface area contributed by atoms with Crippen LogP contribution in [0.15, 0.2) is 24.3 Å². The molecule has 1 heterocycles. The Balaban J connectivity index is 2.74. The summed E-state index contributed by atoms with van der Waals surface area (Å²) in [5, 5.41) is 14.6. The van der Waals surface area contributed by atoms with Crippen molar-refractivity contribution in [3.63, 3.8) is 0 Å². The zero-order valence-corrected chi connectivity index (χ0v) is 13.2. The third-order valence-corrected chi connectivity index (χ3v) is 3.46. The molecule has 0 aliphatic rings. The van der Waals surface area contributed by atoms with Gasteiger partial charge in [0.1, 0.15) is 0 Å². The lowest BCUT2D eigenvalue weighted by molar-refractivity contribution is 0.414. The number of rotatable bonds is 2. The zero-order valence-electron chi connectivity index (χ0n) is 13.2. The van der Waals surface area contributed by atoms with Crippen LogP contribution in [0.4, 0.5) is 0 Å². The number of hydrogen-bond acceptors (Lipinski definition) is 2. The first-order valence-electron chi connectivity index (χ1n) is 7.11. The molecular weight excluding hydrogens is 248 g/mol. The molecule has 0 saturated heterocycles. The Bertz CT molecular complexity index is 601. The highest BCUT2D eigenvalue weighted by molar-refractivity contribution is 5.68. The maximum atomic E-state index is 10.3. The highest BCUT2D eigenvalue weighted by Crippen LogP contribution is 2.40. The Morgan fingerprint density at radius 1 is 1.10 bits per heavy atom. The molecule has 0 aliphatic heterocycles. The van der Waals surface area contributed by atoms with Gasteiger partial charge in [0.05, 0.1) is 5.69 Å². The molecule has 108 valence electrons. The average Bonchev–Trinajstić information content (AvgIpc) is 2.67. The van der Waals surface area contributed by atoms with Gasteiger partial charge in [0, 0.05) is 17.2 Å². The van der Waals surface area contributed by atoms with Crippen LogP contribution in [0, 0.1) is 6.92 Å². The summed E-state index contributed by atoms with van der Waals surface area (Å²) in [6.45, 7) is 12.5. The topological polar surface area (TPSA) is 38.1 Å². The molecule has 3 heteroatoms. The van der Waals surface area contributed by atoms with Crippen LogP contribution in [-0.4, -0.2) is 14.9 Å². The van der Waals surface area contributed by atoms with E-state index in [1.165, 1.54) is 5.56 Å². The molecule has 0 unspecified atom stereocenters. The minimum atomic E-state index is -0.155. The number of aryl methyl sites for hydroxylation is 1. The maximum Gasteiger partial charge on any atom is 0.234 e. The fraction of sp³-hybridized carbons (Fsp3) is 0.471. The molecule has 1 aromatic carbocycles. The molecular formula is C17H24N2O. The van der Waals surface area contributed by atoms with E-state index < -0.39 is 0 Å². The number of nitrogens with zero attached hydrogens (tertiary/aromatic N) is 2. The van der Waals surface area contributed by atoms with Crippen molar-refractivity contribution >= 4 is 0 Å². The molecule has 0 spiro atoms. The van der Waals surface area contributed by atoms with Gasteiger partial charge in [-0.15, -0.1) is 5.10 Å². The third-order valence-electron chi connectivity index (χ3n) is 3.46. The van der Waals surface area contributed by atoms with Crippen molar-refractivity contribution in [1.29, 1.82) is 0 Å². The van der Waals surface area contributed by atoms with E-state index in [9.17, 15) is 5.11 Å². The molecule has 0 atom stereocenters. The number of aromatic nitrogens is 2. The van der Waals surface area contributed by atoms with E-state index in [1.807, 2.05) is 4.68 Å². The molecule has 0 saturated carbocycles. The van der Waals surface area contributed by atoms with Gasteiger partial charge in [-0.2, -0.15) is 0 Å². The quantitative estimate of drug-likeness (QED) is 0.877. The average molecular weight is 272 g/mol. The van der Waals surface area contributed by atoms with Crippen molar-refractivity contribution in [2.24, 2.45) is 0 Å². The van der Waals surface area contributed by atoms with Gasteiger partial charge in [-0.3, -0.25) is 4.68 Å². The second-order valence-electron chi connectivity index (χ2n) is 6.70. The lowest BCUT2D eigenvalue weighted by Gasteiger charge is -2.21. The van der Waals surface area contributed by atoms with Crippen LogP contribution in [0.25, 0.3) is 11.3 Å². The van der Waals surface area contributed by atoms with E-state index >= 15 is 0 Å². The summed E-state index contributed by atoms with van der Waals surface area (Å²) in [5.41, 5.74) is 4.10. The minimum Gasteiger partial charge on any atom is -0.492 e. The van der Waals surface area contributed by atoms with E-state index in [1.54, 1.807) is 0 Å². The first kappa shape index (κ1) is 14.6. The highest BCUT2D eigenvalue weighted by atomic mass is 16.3. The summed E-state index contributed by atoms with van der Waals surface area (Å²) in [4.78, 5) is 0. The van der Waals surface area contributed by atoms with Crippen molar-refractivity contribution in [3.05, 3.63) is 35.4 Å². The Labute approximate surface area is 121 Å². The molecule has 0 aliphatic carbocycles. The normalized spacial score (nSPS) is 12.2. The highest BCUT2D eigenvalue weighted by Gasteiger charge is 2.29. The molecule has 2 rings (SSSR count). The first-order valence-corrected chi connectivity index (χ1v) is 7.11. The predicted octanol–water partition coefficient (Wildman–Crippen LogP) is 4.44. The molecule has 2 aromatic rings. The fourth-order valence-electron chi connectivity index (χ4n) is 2.47. The van der Waals surface area contributed by atoms with Crippen LogP contribution >= 0.6 is 0 Å². The Morgan fingerprint density at radius 2 is 1.65 bits per heavy atom. The van der Waals surface area contributed by atoms with Gasteiger partial charge in [-0.25, -0.2) is 0 Å². The van der Waals surface area contributed by atoms with Gasteiger partial charge in [0.25, 0.3) is 0 Å². The summed E-state index contributed by atoms with van der Waals surface area (Å²) >= 11 is 0. The van der Waals surface area contributed by atoms with E-state index in [0.29, 0.717) is 0 Å². The lowest BCUT2D eigenvalue weighted by Crippen LogP contribution is -2.13. The van der Waals surface area contributed by atoms with Gasteiger partial charge in [0.15, 0.2) is 0 Å². The van der Waals surface area contributed by atoms with Crippen molar-refractivity contribution in [1.82, 2.24) is 9.78 Å². The van der Waals surface area contributed by atoms with Gasteiger partial charge >= 0.3 is 0 Å². The van der Waals surface area contributed by atoms with Gasteiger partial charge in [-0.05, 0) is 26.2 Å². The number of benzene rings is 1. The van der Waals surface area contributed by atoms with Gasteiger partial charge < -0.3 is 5.11 Å². The predicted molar refractivity (Wildman–Crippen MR) is 83.1 cm³/mol. The van der Waals surface area contributed by atoms with Crippen molar-refractivity contribution in [2.45, 2.75) is 53.0 Å². The molecule has 1 aromatic heterocycles. The van der Waals surface area contributed by atoms with E-state index in [0.717, 1.165) is 16.8 Å². The summed E-state index contributed by atoms with van der Waals surface area (Å²) < 4.78 is 1.92. The molecule has 0 bridgehead atoms. The molecule has 0 radical (unpaired) electrons. The lowest BCUT2D eigenvalue weighted by atomic mass is 9.85. The minimum absolute atomic E-state index is 0.141. The molecule has 0 fully saturated rings. The Morgan fingerprint density at radius 3 is 2.10 bits per heavy atom. The molecule has 20 heavy (non-hydrogen) atoms. The second kappa shape index (κ2) is 4.97. The third kappa shape index (κ3) is 2.58. The SMILES string of the molecule is Cc1ccc(-c2c(C(C)(C)C)c(O)nn2C(C)C)cc1. The van der Waals surface area contributed by atoms with Crippen LogP contribution in [0.3, 0.4) is 0 Å². The summed E-state index contributed by atoms with van der Waals surface area (Å²) in [7, 11) is 0. The summed E-state index contributed by atoms with van der Waals surface area (Å²) in [6.07, 6.45) is 0. The van der Waals surface area contributed by atoms with E-state index in [4.69, 9.17) is 0 Å². The second-order valence-corrected chi connectivity index (χ2v) is 6.70. The van der Waals surface area contributed by atoms with Crippen LogP contribution in [0.5, 0.6) is 5.88 Å². The zero-order chi connectivity index (χ0) is 15.1. The van der Waals surface area contributed by atoms with Gasteiger partial charge in [0.2, 0.25) is 5.88 Å². The monoisotopic (exact) mass is 272 g/mol.